The van der Waals surface area contributed by atoms with E-state index in [1.165, 1.54) is 0 Å². The van der Waals surface area contributed by atoms with Crippen LogP contribution in [0.15, 0.2) is 48.5 Å². The van der Waals surface area contributed by atoms with Gasteiger partial charge in [0.1, 0.15) is 5.75 Å². The third kappa shape index (κ3) is 4.82. The van der Waals surface area contributed by atoms with Crippen molar-refractivity contribution in [2.24, 2.45) is 5.92 Å². The zero-order valence-electron chi connectivity index (χ0n) is 16.3. The highest BCUT2D eigenvalue weighted by molar-refractivity contribution is 5.85. The molecule has 0 saturated carbocycles. The van der Waals surface area contributed by atoms with Gasteiger partial charge in [0, 0.05) is 18.5 Å². The van der Waals surface area contributed by atoms with Crippen LogP contribution in [-0.4, -0.2) is 38.1 Å². The Hall–Kier alpha value is -2.04. The number of para-hydroxylation sites is 1. The maximum Gasteiger partial charge on any atom is 0.226 e. The number of nitrogens with zero attached hydrogens (tertiary/aromatic N) is 1. The molecular weight excluding hydrogens is 360 g/mol. The molecule has 146 valence electrons. The molecule has 0 spiro atoms. The Morgan fingerprint density at radius 3 is 2.37 bits per heavy atom. The van der Waals surface area contributed by atoms with Crippen LogP contribution >= 0.6 is 12.4 Å². The minimum absolute atomic E-state index is 0. The Bertz CT molecular complexity index is 742. The number of rotatable bonds is 5. The van der Waals surface area contributed by atoms with Crippen molar-refractivity contribution < 1.29 is 9.53 Å². The van der Waals surface area contributed by atoms with Gasteiger partial charge in [0.25, 0.3) is 0 Å². The number of nitrogens with one attached hydrogen (secondary N) is 1. The van der Waals surface area contributed by atoms with Crippen molar-refractivity contribution in [1.29, 1.82) is 0 Å². The van der Waals surface area contributed by atoms with Crippen LogP contribution in [-0.2, 0) is 4.79 Å². The summed E-state index contributed by atoms with van der Waals surface area (Å²) in [6.45, 7) is 3.97. The normalized spacial score (nSPS) is 15.5. The largest absolute Gasteiger partial charge is 0.496 e. The van der Waals surface area contributed by atoms with Crippen LogP contribution in [0.4, 0.5) is 0 Å². The van der Waals surface area contributed by atoms with E-state index < -0.39 is 0 Å². The van der Waals surface area contributed by atoms with Crippen molar-refractivity contribution >= 4 is 18.3 Å². The highest BCUT2D eigenvalue weighted by Gasteiger charge is 2.26. The van der Waals surface area contributed by atoms with Crippen LogP contribution in [0.2, 0.25) is 0 Å². The minimum atomic E-state index is 0. The maximum atomic E-state index is 12.8. The van der Waals surface area contributed by atoms with Crippen molar-refractivity contribution in [3.8, 4) is 16.9 Å². The molecule has 1 amide bonds. The Labute approximate surface area is 168 Å². The van der Waals surface area contributed by atoms with Crippen molar-refractivity contribution in [2.75, 3.05) is 27.2 Å². The number of methoxy groups -OCH3 is 1. The van der Waals surface area contributed by atoms with Crippen LogP contribution in [0.1, 0.15) is 31.4 Å². The third-order valence-corrected chi connectivity index (χ3v) is 5.43. The van der Waals surface area contributed by atoms with Gasteiger partial charge in [0.2, 0.25) is 5.91 Å². The summed E-state index contributed by atoms with van der Waals surface area (Å²) in [5.41, 5.74) is 3.34. The number of amides is 1. The molecule has 0 aromatic heterocycles. The summed E-state index contributed by atoms with van der Waals surface area (Å²) in [7, 11) is 3.61. The standard InChI is InChI=1S/C22H28N2O2.ClH/c1-16(24(2)22(25)19-12-14-23-15-13-19)17-8-10-18(11-9-17)20-6-4-5-7-21(20)26-3;/h4-11,16,19,23H,12-15H2,1-3H3;1H. The van der Waals surface area contributed by atoms with Gasteiger partial charge in [-0.2, -0.15) is 0 Å². The number of benzene rings is 2. The van der Waals surface area contributed by atoms with E-state index >= 15 is 0 Å². The van der Waals surface area contributed by atoms with Gasteiger partial charge in [-0.25, -0.2) is 0 Å². The lowest BCUT2D eigenvalue weighted by molar-refractivity contribution is -0.137. The van der Waals surface area contributed by atoms with Crippen LogP contribution < -0.4 is 10.1 Å². The first-order chi connectivity index (χ1) is 12.6. The average molecular weight is 389 g/mol. The fourth-order valence-electron chi connectivity index (χ4n) is 3.60. The Balaban J connectivity index is 0.00000261. The van der Waals surface area contributed by atoms with Crippen LogP contribution in [0, 0.1) is 5.92 Å². The number of carbonyl (C=O) groups is 1. The molecule has 0 aliphatic carbocycles. The van der Waals surface area contributed by atoms with Crippen LogP contribution in [0.5, 0.6) is 5.75 Å². The smallest absolute Gasteiger partial charge is 0.226 e. The Kier molecular flexibility index (Phi) is 7.69. The molecule has 4 nitrogen and oxygen atoms in total. The first-order valence-corrected chi connectivity index (χ1v) is 9.32. The van der Waals surface area contributed by atoms with Gasteiger partial charge in [0.05, 0.1) is 13.2 Å². The molecule has 0 radical (unpaired) electrons. The van der Waals surface area contributed by atoms with E-state index in [9.17, 15) is 4.79 Å². The molecular formula is C22H29ClN2O2. The number of piperidine rings is 1. The van der Waals surface area contributed by atoms with Crippen molar-refractivity contribution in [3.63, 3.8) is 0 Å². The second kappa shape index (κ2) is 9.77. The van der Waals surface area contributed by atoms with E-state index in [4.69, 9.17) is 4.74 Å². The molecule has 1 heterocycles. The summed E-state index contributed by atoms with van der Waals surface area (Å²) in [4.78, 5) is 14.7. The van der Waals surface area contributed by atoms with Crippen LogP contribution in [0.25, 0.3) is 11.1 Å². The highest BCUT2D eigenvalue weighted by atomic mass is 35.5. The molecule has 1 aliphatic rings. The molecule has 2 aromatic rings. The predicted octanol–water partition coefficient (Wildman–Crippen LogP) is 4.30. The van der Waals surface area contributed by atoms with Gasteiger partial charge in [-0.05, 0) is 50.0 Å². The first-order valence-electron chi connectivity index (χ1n) is 9.32. The molecule has 27 heavy (non-hydrogen) atoms. The van der Waals surface area contributed by atoms with Crippen molar-refractivity contribution in [2.45, 2.75) is 25.8 Å². The first kappa shape index (κ1) is 21.3. The van der Waals surface area contributed by atoms with E-state index in [-0.39, 0.29) is 30.3 Å². The second-order valence-electron chi connectivity index (χ2n) is 6.97. The fourth-order valence-corrected chi connectivity index (χ4v) is 3.60. The van der Waals surface area contributed by atoms with E-state index in [0.717, 1.165) is 48.4 Å². The molecule has 1 N–H and O–H groups in total. The van der Waals surface area contributed by atoms with Crippen molar-refractivity contribution in [3.05, 3.63) is 54.1 Å². The van der Waals surface area contributed by atoms with E-state index in [2.05, 4.69) is 42.6 Å². The summed E-state index contributed by atoms with van der Waals surface area (Å²) in [6.07, 6.45) is 1.87. The molecule has 2 aromatic carbocycles. The molecule has 1 saturated heterocycles. The quantitative estimate of drug-likeness (QED) is 0.830. The SMILES string of the molecule is COc1ccccc1-c1ccc(C(C)N(C)C(=O)C2CCNCC2)cc1.Cl. The van der Waals surface area contributed by atoms with E-state index in [1.807, 2.05) is 30.1 Å². The van der Waals surface area contributed by atoms with Gasteiger partial charge in [-0.15, -0.1) is 12.4 Å². The van der Waals surface area contributed by atoms with E-state index in [1.54, 1.807) is 7.11 Å². The summed E-state index contributed by atoms with van der Waals surface area (Å²) in [5.74, 6) is 1.27. The molecule has 1 aliphatic heterocycles. The molecule has 5 heteroatoms. The molecule has 0 bridgehead atoms. The summed E-state index contributed by atoms with van der Waals surface area (Å²) < 4.78 is 5.46. The van der Waals surface area contributed by atoms with Crippen LogP contribution in [0.3, 0.4) is 0 Å². The lowest BCUT2D eigenvalue weighted by Crippen LogP contribution is -2.40. The number of carbonyl (C=O) groups excluding carboxylic acids is 1. The summed E-state index contributed by atoms with van der Waals surface area (Å²) in [6, 6.07) is 16.5. The predicted molar refractivity (Wildman–Crippen MR) is 112 cm³/mol. The summed E-state index contributed by atoms with van der Waals surface area (Å²) in [5, 5.41) is 3.32. The van der Waals surface area contributed by atoms with E-state index in [0.29, 0.717) is 0 Å². The third-order valence-electron chi connectivity index (χ3n) is 5.43. The van der Waals surface area contributed by atoms with Gasteiger partial charge < -0.3 is 15.0 Å². The Morgan fingerprint density at radius 2 is 1.74 bits per heavy atom. The number of hydrogen-bond acceptors (Lipinski definition) is 3. The van der Waals surface area contributed by atoms with Crippen molar-refractivity contribution in [1.82, 2.24) is 10.2 Å². The number of ether oxygens (including phenoxy) is 1. The molecule has 1 fully saturated rings. The topological polar surface area (TPSA) is 41.6 Å². The zero-order valence-corrected chi connectivity index (χ0v) is 17.1. The lowest BCUT2D eigenvalue weighted by Gasteiger charge is -2.31. The maximum absolute atomic E-state index is 12.8. The lowest BCUT2D eigenvalue weighted by atomic mass is 9.95. The average Bonchev–Trinajstić information content (AvgIpc) is 2.73. The minimum Gasteiger partial charge on any atom is -0.496 e. The van der Waals surface area contributed by atoms with Gasteiger partial charge >= 0.3 is 0 Å². The van der Waals surface area contributed by atoms with Gasteiger partial charge in [-0.1, -0.05) is 42.5 Å². The second-order valence-corrected chi connectivity index (χ2v) is 6.97. The zero-order chi connectivity index (χ0) is 18.5. The summed E-state index contributed by atoms with van der Waals surface area (Å²) >= 11 is 0. The molecule has 1 atom stereocenters. The monoisotopic (exact) mass is 388 g/mol. The number of hydrogen-bond donors (Lipinski definition) is 1. The highest BCUT2D eigenvalue weighted by Crippen LogP contribution is 2.31. The molecule has 3 rings (SSSR count). The Morgan fingerprint density at radius 1 is 1.11 bits per heavy atom. The van der Waals surface area contributed by atoms with Gasteiger partial charge in [0.15, 0.2) is 0 Å². The molecule has 1 unspecified atom stereocenters. The fraction of sp³-hybridized carbons (Fsp3) is 0.409. The van der Waals surface area contributed by atoms with Gasteiger partial charge in [-0.3, -0.25) is 4.79 Å². The number of halogens is 1.